The molecule has 3 heterocycles. The second-order valence-corrected chi connectivity index (χ2v) is 9.84. The number of hydrogen-bond acceptors (Lipinski definition) is 3. The molecule has 0 fully saturated rings. The van der Waals surface area contributed by atoms with Crippen molar-refractivity contribution in [1.82, 2.24) is 14.5 Å². The molecule has 188 valence electrons. The minimum absolute atomic E-state index is 0.617. The molecular weight excluding hydrogens is 490 g/mol. The summed E-state index contributed by atoms with van der Waals surface area (Å²) >= 11 is 0. The number of rotatable bonds is 3. The first kappa shape index (κ1) is 22.5. The third-order valence-electron chi connectivity index (χ3n) is 7.45. The molecule has 0 amide bonds. The summed E-state index contributed by atoms with van der Waals surface area (Å²) in [5, 5.41) is 1.13. The third-order valence-corrected chi connectivity index (χ3v) is 7.45. The van der Waals surface area contributed by atoms with Gasteiger partial charge in [-0.25, -0.2) is 9.97 Å². The van der Waals surface area contributed by atoms with E-state index in [4.69, 9.17) is 14.7 Å². The van der Waals surface area contributed by atoms with E-state index in [2.05, 4.69) is 83.4 Å². The summed E-state index contributed by atoms with van der Waals surface area (Å²) in [4.78, 5) is 10.4. The van der Waals surface area contributed by atoms with Crippen molar-refractivity contribution < 1.29 is 4.74 Å². The summed E-state index contributed by atoms with van der Waals surface area (Å²) in [6.07, 6.45) is 0. The molecule has 0 saturated carbocycles. The van der Waals surface area contributed by atoms with E-state index < -0.39 is 0 Å². The van der Waals surface area contributed by atoms with Crippen molar-refractivity contribution in [3.05, 3.63) is 140 Å². The number of aromatic nitrogens is 3. The standard InChI is InChI=1S/C36H23N3O/c1-3-13-24(14-4-1)29-23-30(25-15-5-2-6-16-25)38-36(37-29)39-31-20-10-7-17-26(31)34-27-18-8-11-21-32(27)40-33-22-12-9-19-28(33)35(34)39/h1-23H. The molecule has 0 atom stereocenters. The van der Waals surface area contributed by atoms with E-state index in [9.17, 15) is 0 Å². The predicted molar refractivity (Wildman–Crippen MR) is 161 cm³/mol. The van der Waals surface area contributed by atoms with Crippen molar-refractivity contribution in [1.29, 1.82) is 0 Å². The lowest BCUT2D eigenvalue weighted by atomic mass is 9.98. The summed E-state index contributed by atoms with van der Waals surface area (Å²) < 4.78 is 8.72. The van der Waals surface area contributed by atoms with E-state index in [1.807, 2.05) is 60.7 Å². The Morgan fingerprint density at radius 2 is 1.02 bits per heavy atom. The van der Waals surface area contributed by atoms with Gasteiger partial charge in [-0.15, -0.1) is 0 Å². The molecule has 4 heteroatoms. The van der Waals surface area contributed by atoms with Crippen molar-refractivity contribution in [2.45, 2.75) is 0 Å². The maximum absolute atomic E-state index is 6.51. The van der Waals surface area contributed by atoms with Gasteiger partial charge < -0.3 is 4.74 Å². The van der Waals surface area contributed by atoms with Crippen LogP contribution in [0, 0.1) is 0 Å². The van der Waals surface area contributed by atoms with Crippen molar-refractivity contribution in [2.24, 2.45) is 0 Å². The average molecular weight is 514 g/mol. The number of fused-ring (bicyclic) bond motifs is 7. The number of hydrogen-bond donors (Lipinski definition) is 0. The Balaban J connectivity index is 1.52. The summed E-state index contributed by atoms with van der Waals surface area (Å²) in [5.74, 6) is 2.26. The van der Waals surface area contributed by atoms with Crippen LogP contribution in [-0.2, 0) is 0 Å². The molecule has 0 radical (unpaired) electrons. The Labute approximate surface area is 231 Å². The minimum atomic E-state index is 0.617. The van der Waals surface area contributed by atoms with Gasteiger partial charge in [0.05, 0.1) is 22.6 Å². The normalized spacial score (nSPS) is 11.7. The van der Waals surface area contributed by atoms with Gasteiger partial charge in [-0.05, 0) is 30.3 Å². The Morgan fingerprint density at radius 1 is 0.500 bits per heavy atom. The summed E-state index contributed by atoms with van der Waals surface area (Å²) in [5.41, 5.74) is 9.05. The Hall–Kier alpha value is -5.48. The highest BCUT2D eigenvalue weighted by atomic mass is 16.5. The Morgan fingerprint density at radius 3 is 1.70 bits per heavy atom. The van der Waals surface area contributed by atoms with Crippen LogP contribution in [-0.4, -0.2) is 14.5 Å². The van der Waals surface area contributed by atoms with E-state index in [1.54, 1.807) is 0 Å². The molecule has 0 unspecified atom stereocenters. The molecule has 1 aliphatic heterocycles. The second-order valence-electron chi connectivity index (χ2n) is 9.84. The van der Waals surface area contributed by atoms with Crippen molar-refractivity contribution >= 4 is 10.9 Å². The van der Waals surface area contributed by atoms with Gasteiger partial charge in [-0.3, -0.25) is 4.57 Å². The van der Waals surface area contributed by atoms with Crippen LogP contribution in [0.3, 0.4) is 0 Å². The van der Waals surface area contributed by atoms with Gasteiger partial charge in [0, 0.05) is 33.2 Å². The number of benzene rings is 5. The summed E-state index contributed by atoms with van der Waals surface area (Å²) in [6.45, 7) is 0. The highest BCUT2D eigenvalue weighted by Gasteiger charge is 2.29. The molecule has 0 bridgehead atoms. The largest absolute Gasteiger partial charge is 0.456 e. The van der Waals surface area contributed by atoms with Crippen LogP contribution in [0.2, 0.25) is 0 Å². The molecule has 2 aromatic heterocycles. The minimum Gasteiger partial charge on any atom is -0.456 e. The lowest BCUT2D eigenvalue weighted by Crippen LogP contribution is -2.05. The van der Waals surface area contributed by atoms with Gasteiger partial charge in [0.15, 0.2) is 0 Å². The number of nitrogens with zero attached hydrogens (tertiary/aromatic N) is 3. The van der Waals surface area contributed by atoms with Crippen LogP contribution in [0.25, 0.3) is 61.8 Å². The first-order chi connectivity index (χ1) is 19.8. The first-order valence-electron chi connectivity index (χ1n) is 13.4. The van der Waals surface area contributed by atoms with Crippen LogP contribution in [0.4, 0.5) is 0 Å². The zero-order valence-corrected chi connectivity index (χ0v) is 21.5. The fourth-order valence-electron chi connectivity index (χ4n) is 5.66. The third kappa shape index (κ3) is 3.54. The maximum Gasteiger partial charge on any atom is 0.235 e. The van der Waals surface area contributed by atoms with Crippen LogP contribution in [0.5, 0.6) is 11.5 Å². The topological polar surface area (TPSA) is 39.9 Å². The monoisotopic (exact) mass is 513 g/mol. The Kier molecular flexibility index (Phi) is 5.10. The highest BCUT2D eigenvalue weighted by Crippen LogP contribution is 2.51. The Bertz CT molecular complexity index is 1970. The molecule has 7 aromatic rings. The molecule has 0 spiro atoms. The predicted octanol–water partition coefficient (Wildman–Crippen LogP) is 9.19. The van der Waals surface area contributed by atoms with Gasteiger partial charge in [0.1, 0.15) is 11.5 Å². The zero-order chi connectivity index (χ0) is 26.5. The van der Waals surface area contributed by atoms with E-state index >= 15 is 0 Å². The molecule has 8 rings (SSSR count). The van der Waals surface area contributed by atoms with Gasteiger partial charge in [-0.2, -0.15) is 0 Å². The van der Waals surface area contributed by atoms with Crippen LogP contribution in [0.1, 0.15) is 0 Å². The molecule has 0 N–H and O–H groups in total. The fourth-order valence-corrected chi connectivity index (χ4v) is 5.66. The average Bonchev–Trinajstić information content (AvgIpc) is 3.29. The van der Waals surface area contributed by atoms with Crippen molar-refractivity contribution in [3.8, 4) is 62.3 Å². The fraction of sp³-hybridized carbons (Fsp3) is 0. The molecule has 1 aliphatic rings. The van der Waals surface area contributed by atoms with Crippen LogP contribution < -0.4 is 4.74 Å². The molecular formula is C36H23N3O. The molecule has 5 aromatic carbocycles. The SMILES string of the molecule is c1ccc(-c2cc(-c3ccccc3)nc(-n3c4c(c5ccccc53)-c3ccccc3Oc3ccccc3-4)n2)cc1. The van der Waals surface area contributed by atoms with Crippen LogP contribution in [0.15, 0.2) is 140 Å². The lowest BCUT2D eigenvalue weighted by molar-refractivity contribution is 0.487. The van der Waals surface area contributed by atoms with Crippen molar-refractivity contribution in [2.75, 3.05) is 0 Å². The molecule has 0 saturated heterocycles. The number of ether oxygens (including phenoxy) is 1. The van der Waals surface area contributed by atoms with Gasteiger partial charge >= 0.3 is 0 Å². The lowest BCUT2D eigenvalue weighted by Gasteiger charge is -2.15. The zero-order valence-electron chi connectivity index (χ0n) is 21.5. The molecule has 4 nitrogen and oxygen atoms in total. The van der Waals surface area contributed by atoms with Gasteiger partial charge in [0.25, 0.3) is 0 Å². The van der Waals surface area contributed by atoms with Gasteiger partial charge in [0.2, 0.25) is 5.95 Å². The summed E-state index contributed by atoms with van der Waals surface area (Å²) in [7, 11) is 0. The van der Waals surface area contributed by atoms with E-state index in [0.29, 0.717) is 5.95 Å². The smallest absolute Gasteiger partial charge is 0.235 e. The second kappa shape index (κ2) is 9.07. The van der Waals surface area contributed by atoms with E-state index in [-0.39, 0.29) is 0 Å². The van der Waals surface area contributed by atoms with Crippen molar-refractivity contribution in [3.63, 3.8) is 0 Å². The number of para-hydroxylation sites is 3. The molecule has 0 aliphatic carbocycles. The van der Waals surface area contributed by atoms with E-state index in [0.717, 1.165) is 67.3 Å². The van der Waals surface area contributed by atoms with Gasteiger partial charge in [-0.1, -0.05) is 109 Å². The van der Waals surface area contributed by atoms with Crippen LogP contribution >= 0.6 is 0 Å². The summed E-state index contributed by atoms with van der Waals surface area (Å²) in [6, 6.07) is 47.6. The molecule has 40 heavy (non-hydrogen) atoms. The maximum atomic E-state index is 6.51. The first-order valence-corrected chi connectivity index (χ1v) is 13.4. The quantitative estimate of drug-likeness (QED) is 0.236. The highest BCUT2D eigenvalue weighted by molar-refractivity contribution is 6.08. The van der Waals surface area contributed by atoms with E-state index in [1.165, 1.54) is 0 Å².